The number of morpholine rings is 1. The van der Waals surface area contributed by atoms with Gasteiger partial charge in [0.25, 0.3) is 0 Å². The molecule has 1 heterocycles. The minimum absolute atomic E-state index is 0.0309. The molecule has 0 aliphatic carbocycles. The number of amides is 1. The third-order valence-corrected chi connectivity index (χ3v) is 3.40. The Morgan fingerprint density at radius 2 is 2.18 bits per heavy atom. The second-order valence-corrected chi connectivity index (χ2v) is 5.19. The highest BCUT2D eigenvalue weighted by Gasteiger charge is 2.16. The standard InChI is InChI=1S/C16H24N2O4/c1-20-8-9-22-15-4-2-13(3-5-15)11-18-16(19)10-14-12-21-7-6-17-14/h2-5,14,17H,6-12H2,1H3,(H,18,19). The van der Waals surface area contributed by atoms with Crippen LogP contribution in [0, 0.1) is 0 Å². The van der Waals surface area contributed by atoms with Gasteiger partial charge >= 0.3 is 0 Å². The quantitative estimate of drug-likeness (QED) is 0.692. The van der Waals surface area contributed by atoms with Crippen LogP contribution in [0.25, 0.3) is 0 Å². The van der Waals surface area contributed by atoms with Crippen molar-refractivity contribution >= 4 is 5.91 Å². The normalized spacial score (nSPS) is 18.0. The second-order valence-electron chi connectivity index (χ2n) is 5.19. The van der Waals surface area contributed by atoms with Crippen LogP contribution >= 0.6 is 0 Å². The molecule has 2 N–H and O–H groups in total. The lowest BCUT2D eigenvalue weighted by molar-refractivity contribution is -0.122. The highest BCUT2D eigenvalue weighted by atomic mass is 16.5. The Kier molecular flexibility index (Phi) is 7.15. The van der Waals surface area contributed by atoms with Crippen LogP contribution in [0.15, 0.2) is 24.3 Å². The van der Waals surface area contributed by atoms with E-state index in [0.717, 1.165) is 24.5 Å². The smallest absolute Gasteiger partial charge is 0.221 e. The lowest BCUT2D eigenvalue weighted by atomic mass is 10.1. The molecular formula is C16H24N2O4. The van der Waals surface area contributed by atoms with Crippen molar-refractivity contribution in [1.29, 1.82) is 0 Å². The molecule has 0 radical (unpaired) electrons. The molecule has 122 valence electrons. The summed E-state index contributed by atoms with van der Waals surface area (Å²) in [5.74, 6) is 0.833. The topological polar surface area (TPSA) is 68.8 Å². The number of hydrogen-bond donors (Lipinski definition) is 2. The van der Waals surface area contributed by atoms with Gasteiger partial charge in [-0.25, -0.2) is 0 Å². The maximum absolute atomic E-state index is 11.9. The van der Waals surface area contributed by atoms with E-state index in [-0.39, 0.29) is 11.9 Å². The molecule has 6 heteroatoms. The van der Waals surface area contributed by atoms with Gasteiger partial charge in [-0.15, -0.1) is 0 Å². The summed E-state index contributed by atoms with van der Waals surface area (Å²) in [6.45, 7) is 3.74. The van der Waals surface area contributed by atoms with Crippen molar-refractivity contribution in [2.45, 2.75) is 19.0 Å². The second kappa shape index (κ2) is 9.40. The molecule has 1 saturated heterocycles. The number of rotatable bonds is 8. The molecule has 1 aliphatic heterocycles. The van der Waals surface area contributed by atoms with Gasteiger partial charge in [0.1, 0.15) is 12.4 Å². The predicted molar refractivity (Wildman–Crippen MR) is 82.9 cm³/mol. The van der Waals surface area contributed by atoms with Crippen molar-refractivity contribution in [3.63, 3.8) is 0 Å². The van der Waals surface area contributed by atoms with Crippen LogP contribution in [0.5, 0.6) is 5.75 Å². The van der Waals surface area contributed by atoms with E-state index >= 15 is 0 Å². The zero-order valence-corrected chi connectivity index (χ0v) is 13.0. The number of nitrogens with one attached hydrogen (secondary N) is 2. The summed E-state index contributed by atoms with van der Waals surface area (Å²) in [5, 5.41) is 6.19. The summed E-state index contributed by atoms with van der Waals surface area (Å²) in [4.78, 5) is 11.9. The lowest BCUT2D eigenvalue weighted by Gasteiger charge is -2.23. The number of carbonyl (C=O) groups is 1. The first-order valence-corrected chi connectivity index (χ1v) is 7.56. The van der Waals surface area contributed by atoms with E-state index in [1.54, 1.807) is 7.11 Å². The molecule has 1 amide bonds. The van der Waals surface area contributed by atoms with Crippen LogP contribution in [-0.4, -0.2) is 52.0 Å². The first kappa shape index (κ1) is 16.7. The van der Waals surface area contributed by atoms with Crippen LogP contribution in [0.4, 0.5) is 0 Å². The molecule has 1 unspecified atom stereocenters. The van der Waals surface area contributed by atoms with Gasteiger partial charge in [0.2, 0.25) is 5.91 Å². The molecule has 0 aromatic heterocycles. The van der Waals surface area contributed by atoms with Crippen molar-refractivity contribution in [1.82, 2.24) is 10.6 Å². The molecule has 6 nitrogen and oxygen atoms in total. The van der Waals surface area contributed by atoms with Crippen LogP contribution in [0.1, 0.15) is 12.0 Å². The summed E-state index contributed by atoms with van der Waals surface area (Å²) in [5.41, 5.74) is 1.04. The minimum atomic E-state index is 0.0309. The molecule has 0 spiro atoms. The van der Waals surface area contributed by atoms with Gasteiger partial charge in [-0.05, 0) is 17.7 Å². The van der Waals surface area contributed by atoms with Gasteiger partial charge in [-0.1, -0.05) is 12.1 Å². The molecule has 0 saturated carbocycles. The third-order valence-electron chi connectivity index (χ3n) is 3.40. The van der Waals surface area contributed by atoms with Gasteiger partial charge in [0.15, 0.2) is 0 Å². The predicted octanol–water partition coefficient (Wildman–Crippen LogP) is 0.707. The van der Waals surface area contributed by atoms with Crippen molar-refractivity contribution in [2.75, 3.05) is 40.1 Å². The number of benzene rings is 1. The maximum Gasteiger partial charge on any atom is 0.221 e. The molecule has 22 heavy (non-hydrogen) atoms. The van der Waals surface area contributed by atoms with Gasteiger partial charge in [0, 0.05) is 32.7 Å². The largest absolute Gasteiger partial charge is 0.491 e. The van der Waals surface area contributed by atoms with E-state index < -0.39 is 0 Å². The maximum atomic E-state index is 11.9. The highest BCUT2D eigenvalue weighted by Crippen LogP contribution is 2.12. The first-order valence-electron chi connectivity index (χ1n) is 7.56. The number of methoxy groups -OCH3 is 1. The fraction of sp³-hybridized carbons (Fsp3) is 0.562. The number of carbonyl (C=O) groups excluding carboxylic acids is 1. The molecule has 1 atom stereocenters. The SMILES string of the molecule is COCCOc1ccc(CNC(=O)CC2COCCN2)cc1. The zero-order valence-electron chi connectivity index (χ0n) is 13.0. The molecular weight excluding hydrogens is 284 g/mol. The number of hydrogen-bond acceptors (Lipinski definition) is 5. The Balaban J connectivity index is 1.68. The molecule has 1 fully saturated rings. The Morgan fingerprint density at radius 3 is 2.86 bits per heavy atom. The lowest BCUT2D eigenvalue weighted by Crippen LogP contribution is -2.44. The first-order chi connectivity index (χ1) is 10.8. The van der Waals surface area contributed by atoms with E-state index in [1.807, 2.05) is 24.3 Å². The van der Waals surface area contributed by atoms with E-state index in [9.17, 15) is 4.79 Å². The zero-order chi connectivity index (χ0) is 15.6. The van der Waals surface area contributed by atoms with Gasteiger partial charge < -0.3 is 24.8 Å². The van der Waals surface area contributed by atoms with Crippen molar-refractivity contribution in [3.8, 4) is 5.75 Å². The van der Waals surface area contributed by atoms with Crippen LogP contribution in [-0.2, 0) is 20.8 Å². The van der Waals surface area contributed by atoms with Gasteiger partial charge in [0.05, 0.1) is 19.8 Å². The fourth-order valence-electron chi connectivity index (χ4n) is 2.19. The molecule has 2 rings (SSSR count). The van der Waals surface area contributed by atoms with Crippen LogP contribution in [0.2, 0.25) is 0 Å². The van der Waals surface area contributed by atoms with Gasteiger partial charge in [-0.2, -0.15) is 0 Å². The Hall–Kier alpha value is -1.63. The monoisotopic (exact) mass is 308 g/mol. The third kappa shape index (κ3) is 6.01. The minimum Gasteiger partial charge on any atom is -0.491 e. The highest BCUT2D eigenvalue weighted by molar-refractivity contribution is 5.76. The molecule has 0 bridgehead atoms. The van der Waals surface area contributed by atoms with E-state index in [4.69, 9.17) is 14.2 Å². The molecule has 1 aromatic carbocycles. The van der Waals surface area contributed by atoms with E-state index in [1.165, 1.54) is 0 Å². The Morgan fingerprint density at radius 1 is 1.36 bits per heavy atom. The summed E-state index contributed by atoms with van der Waals surface area (Å²) in [6, 6.07) is 7.81. The number of ether oxygens (including phenoxy) is 3. The van der Waals surface area contributed by atoms with Crippen LogP contribution < -0.4 is 15.4 Å². The van der Waals surface area contributed by atoms with Gasteiger partial charge in [-0.3, -0.25) is 4.79 Å². The molecule has 1 aromatic rings. The Labute approximate surface area is 131 Å². The summed E-state index contributed by atoms with van der Waals surface area (Å²) in [7, 11) is 1.64. The fourth-order valence-corrected chi connectivity index (χ4v) is 2.19. The van der Waals surface area contributed by atoms with E-state index in [0.29, 0.717) is 32.8 Å². The summed E-state index contributed by atoms with van der Waals surface area (Å²) < 4.78 is 15.8. The van der Waals surface area contributed by atoms with Crippen LogP contribution in [0.3, 0.4) is 0 Å². The van der Waals surface area contributed by atoms with Crippen molar-refractivity contribution < 1.29 is 19.0 Å². The van der Waals surface area contributed by atoms with E-state index in [2.05, 4.69) is 10.6 Å². The Bertz CT molecular complexity index is 444. The average Bonchev–Trinajstić information content (AvgIpc) is 2.55. The summed E-state index contributed by atoms with van der Waals surface area (Å²) >= 11 is 0. The average molecular weight is 308 g/mol. The van der Waals surface area contributed by atoms with Crippen molar-refractivity contribution in [2.24, 2.45) is 0 Å². The summed E-state index contributed by atoms with van der Waals surface area (Å²) in [6.07, 6.45) is 0.443. The van der Waals surface area contributed by atoms with Crippen molar-refractivity contribution in [3.05, 3.63) is 29.8 Å². The molecule has 1 aliphatic rings.